The van der Waals surface area contributed by atoms with Crippen LogP contribution < -0.4 is 14.8 Å². The topological polar surface area (TPSA) is 84.5 Å². The Morgan fingerprint density at radius 3 is 2.35 bits per heavy atom. The molecule has 2 aromatic rings. The van der Waals surface area contributed by atoms with Crippen LogP contribution in [0.3, 0.4) is 0 Å². The first-order valence-electron chi connectivity index (χ1n) is 6.91. The summed E-state index contributed by atoms with van der Waals surface area (Å²) in [6.07, 6.45) is 0. The summed E-state index contributed by atoms with van der Waals surface area (Å²) >= 11 is 0. The van der Waals surface area contributed by atoms with Gasteiger partial charge in [-0.05, 0) is 29.8 Å². The predicted molar refractivity (Wildman–Crippen MR) is 87.8 cm³/mol. The van der Waals surface area contributed by atoms with Crippen molar-refractivity contribution in [1.82, 2.24) is 5.32 Å². The fraction of sp³-hybridized carbons (Fsp3) is 0.188. The Labute approximate surface area is 135 Å². The summed E-state index contributed by atoms with van der Waals surface area (Å²) in [4.78, 5) is 11.0. The van der Waals surface area contributed by atoms with Gasteiger partial charge in [-0.3, -0.25) is 9.52 Å². The van der Waals surface area contributed by atoms with E-state index in [9.17, 15) is 13.2 Å². The van der Waals surface area contributed by atoms with Crippen LogP contribution in [-0.4, -0.2) is 21.4 Å². The largest absolute Gasteiger partial charge is 0.495 e. The van der Waals surface area contributed by atoms with Crippen LogP contribution in [0.5, 0.6) is 5.75 Å². The van der Waals surface area contributed by atoms with Crippen molar-refractivity contribution in [2.24, 2.45) is 0 Å². The molecule has 0 atom stereocenters. The van der Waals surface area contributed by atoms with Crippen LogP contribution in [0.25, 0.3) is 0 Å². The molecule has 0 fully saturated rings. The number of benzene rings is 2. The lowest BCUT2D eigenvalue weighted by atomic mass is 10.2. The number of methoxy groups -OCH3 is 1. The molecule has 0 bridgehead atoms. The summed E-state index contributed by atoms with van der Waals surface area (Å²) in [7, 11) is -2.24. The Kier molecular flexibility index (Phi) is 5.23. The van der Waals surface area contributed by atoms with E-state index < -0.39 is 10.0 Å². The van der Waals surface area contributed by atoms with Gasteiger partial charge in [0.05, 0.1) is 17.7 Å². The number of para-hydroxylation sites is 2. The highest BCUT2D eigenvalue weighted by Crippen LogP contribution is 2.26. The van der Waals surface area contributed by atoms with E-state index in [1.54, 1.807) is 36.4 Å². The number of rotatable bonds is 6. The second kappa shape index (κ2) is 7.15. The highest BCUT2D eigenvalue weighted by molar-refractivity contribution is 7.92. The van der Waals surface area contributed by atoms with Gasteiger partial charge in [0.1, 0.15) is 5.75 Å². The number of ether oxygens (including phenoxy) is 1. The Bertz CT molecular complexity index is 786. The maximum absolute atomic E-state index is 12.4. The third-order valence-electron chi connectivity index (χ3n) is 3.13. The first-order valence-corrected chi connectivity index (χ1v) is 8.40. The van der Waals surface area contributed by atoms with Gasteiger partial charge in [-0.25, -0.2) is 8.42 Å². The average Bonchev–Trinajstić information content (AvgIpc) is 2.53. The summed E-state index contributed by atoms with van der Waals surface area (Å²) in [6.45, 7) is 1.78. The van der Waals surface area contributed by atoms with Gasteiger partial charge < -0.3 is 10.1 Å². The summed E-state index contributed by atoms with van der Waals surface area (Å²) in [5.41, 5.74) is 1.19. The third kappa shape index (κ3) is 4.46. The number of carbonyl (C=O) groups is 1. The monoisotopic (exact) mass is 334 g/mol. The standard InChI is InChI=1S/C16H18N2O4S/c1-12(19)17-11-13-7-9-14(10-8-13)23(20,21)18-15-5-3-4-6-16(15)22-2/h3-10,18H,11H2,1-2H3,(H,17,19). The van der Waals surface area contributed by atoms with E-state index >= 15 is 0 Å². The van der Waals surface area contributed by atoms with Gasteiger partial charge in [-0.2, -0.15) is 0 Å². The highest BCUT2D eigenvalue weighted by Gasteiger charge is 2.16. The molecule has 0 saturated carbocycles. The molecule has 0 saturated heterocycles. The van der Waals surface area contributed by atoms with Crippen LogP contribution in [-0.2, 0) is 21.4 Å². The summed E-state index contributed by atoms with van der Waals surface area (Å²) < 4.78 is 32.5. The second-order valence-corrected chi connectivity index (χ2v) is 6.54. The van der Waals surface area contributed by atoms with Gasteiger partial charge in [0, 0.05) is 13.5 Å². The van der Waals surface area contributed by atoms with E-state index in [-0.39, 0.29) is 10.8 Å². The molecule has 0 spiro atoms. The average molecular weight is 334 g/mol. The predicted octanol–water partition coefficient (Wildman–Crippen LogP) is 2.13. The second-order valence-electron chi connectivity index (χ2n) is 4.86. The number of hydrogen-bond acceptors (Lipinski definition) is 4. The van der Waals surface area contributed by atoms with E-state index in [0.717, 1.165) is 5.56 Å². The molecule has 0 heterocycles. The molecule has 7 heteroatoms. The molecule has 2 N–H and O–H groups in total. The lowest BCUT2D eigenvalue weighted by Crippen LogP contribution is -2.19. The minimum atomic E-state index is -3.71. The minimum Gasteiger partial charge on any atom is -0.495 e. The lowest BCUT2D eigenvalue weighted by molar-refractivity contribution is -0.119. The molecule has 6 nitrogen and oxygen atoms in total. The molecule has 23 heavy (non-hydrogen) atoms. The fourth-order valence-corrected chi connectivity index (χ4v) is 3.02. The summed E-state index contributed by atoms with van der Waals surface area (Å²) in [5, 5.41) is 2.65. The zero-order chi connectivity index (χ0) is 16.9. The molecule has 2 aromatic carbocycles. The van der Waals surface area contributed by atoms with E-state index in [1.807, 2.05) is 0 Å². The van der Waals surface area contributed by atoms with Crippen LogP contribution in [0.4, 0.5) is 5.69 Å². The van der Waals surface area contributed by atoms with Crippen molar-refractivity contribution in [3.63, 3.8) is 0 Å². The fourth-order valence-electron chi connectivity index (χ4n) is 1.95. The number of amides is 1. The zero-order valence-electron chi connectivity index (χ0n) is 12.9. The summed E-state index contributed by atoms with van der Waals surface area (Å²) in [6, 6.07) is 13.1. The van der Waals surface area contributed by atoms with Crippen LogP contribution in [0, 0.1) is 0 Å². The molecule has 0 aliphatic rings. The van der Waals surface area contributed by atoms with Crippen molar-refractivity contribution in [2.75, 3.05) is 11.8 Å². The minimum absolute atomic E-state index is 0.134. The van der Waals surface area contributed by atoms with Crippen molar-refractivity contribution >= 4 is 21.6 Å². The molecule has 0 aromatic heterocycles. The molecule has 0 aliphatic heterocycles. The van der Waals surface area contributed by atoms with E-state index in [1.165, 1.54) is 26.2 Å². The maximum atomic E-state index is 12.4. The number of nitrogens with one attached hydrogen (secondary N) is 2. The third-order valence-corrected chi connectivity index (χ3v) is 4.51. The van der Waals surface area contributed by atoms with Crippen molar-refractivity contribution in [1.29, 1.82) is 0 Å². The van der Waals surface area contributed by atoms with Crippen molar-refractivity contribution in [3.8, 4) is 5.75 Å². The molecule has 0 radical (unpaired) electrons. The maximum Gasteiger partial charge on any atom is 0.262 e. The quantitative estimate of drug-likeness (QED) is 0.847. The Balaban J connectivity index is 2.17. The summed E-state index contributed by atoms with van der Waals surface area (Å²) in [5.74, 6) is 0.304. The zero-order valence-corrected chi connectivity index (χ0v) is 13.7. The van der Waals surface area contributed by atoms with Crippen molar-refractivity contribution in [2.45, 2.75) is 18.4 Å². The molecule has 0 aliphatic carbocycles. The molecule has 0 unspecified atom stereocenters. The van der Waals surface area contributed by atoms with Gasteiger partial charge in [-0.15, -0.1) is 0 Å². The van der Waals surface area contributed by atoms with E-state index in [0.29, 0.717) is 18.0 Å². The number of sulfonamides is 1. The van der Waals surface area contributed by atoms with Gasteiger partial charge in [0.2, 0.25) is 5.91 Å². The smallest absolute Gasteiger partial charge is 0.262 e. The number of hydrogen-bond donors (Lipinski definition) is 2. The lowest BCUT2D eigenvalue weighted by Gasteiger charge is -2.12. The van der Waals surface area contributed by atoms with Crippen molar-refractivity contribution in [3.05, 3.63) is 54.1 Å². The molecule has 2 rings (SSSR count). The normalized spacial score (nSPS) is 10.9. The molecular weight excluding hydrogens is 316 g/mol. The van der Waals surface area contributed by atoms with E-state index in [4.69, 9.17) is 4.74 Å². The SMILES string of the molecule is COc1ccccc1NS(=O)(=O)c1ccc(CNC(C)=O)cc1. The molecule has 122 valence electrons. The molecular formula is C16H18N2O4S. The van der Waals surface area contributed by atoms with Crippen LogP contribution in [0.2, 0.25) is 0 Å². The van der Waals surface area contributed by atoms with Gasteiger partial charge >= 0.3 is 0 Å². The van der Waals surface area contributed by atoms with Gasteiger partial charge in [0.15, 0.2) is 0 Å². The number of carbonyl (C=O) groups excluding carboxylic acids is 1. The van der Waals surface area contributed by atoms with E-state index in [2.05, 4.69) is 10.0 Å². The van der Waals surface area contributed by atoms with Crippen molar-refractivity contribution < 1.29 is 17.9 Å². The van der Waals surface area contributed by atoms with Crippen LogP contribution in [0.15, 0.2) is 53.4 Å². The first-order chi connectivity index (χ1) is 10.9. The Morgan fingerprint density at radius 2 is 1.74 bits per heavy atom. The Hall–Kier alpha value is -2.54. The van der Waals surface area contributed by atoms with Gasteiger partial charge in [-0.1, -0.05) is 24.3 Å². The first kappa shape index (κ1) is 16.8. The number of anilines is 1. The van der Waals surface area contributed by atoms with Crippen LogP contribution >= 0.6 is 0 Å². The Morgan fingerprint density at radius 1 is 1.09 bits per heavy atom. The highest BCUT2D eigenvalue weighted by atomic mass is 32.2. The molecule has 1 amide bonds. The van der Waals surface area contributed by atoms with Gasteiger partial charge in [0.25, 0.3) is 10.0 Å². The van der Waals surface area contributed by atoms with Crippen LogP contribution in [0.1, 0.15) is 12.5 Å².